The second kappa shape index (κ2) is 10.1. The highest BCUT2D eigenvalue weighted by Gasteiger charge is 2.28. The number of amides is 1. The summed E-state index contributed by atoms with van der Waals surface area (Å²) in [6, 6.07) is 26.4. The number of hydrogen-bond acceptors (Lipinski definition) is 4. The largest absolute Gasteiger partial charge is 0.325 e. The minimum atomic E-state index is -3.49. The summed E-state index contributed by atoms with van der Waals surface area (Å²) >= 11 is 0. The summed E-state index contributed by atoms with van der Waals surface area (Å²) in [4.78, 5) is 15.0. The lowest BCUT2D eigenvalue weighted by molar-refractivity contribution is -0.117. The van der Waals surface area contributed by atoms with E-state index >= 15 is 0 Å². The lowest BCUT2D eigenvalue weighted by atomic mass is 10.0. The summed E-state index contributed by atoms with van der Waals surface area (Å²) < 4.78 is 27.0. The minimum absolute atomic E-state index is 0.0927. The Kier molecular flexibility index (Phi) is 6.99. The molecule has 7 heteroatoms. The molecule has 32 heavy (non-hydrogen) atoms. The Morgan fingerprint density at radius 2 is 1.38 bits per heavy atom. The van der Waals surface area contributed by atoms with Crippen molar-refractivity contribution in [2.75, 3.05) is 38.0 Å². The van der Waals surface area contributed by atoms with Crippen LogP contribution < -0.4 is 5.32 Å². The van der Waals surface area contributed by atoms with Gasteiger partial charge in [0.15, 0.2) is 0 Å². The van der Waals surface area contributed by atoms with Crippen molar-refractivity contribution in [2.45, 2.75) is 11.3 Å². The fourth-order valence-corrected chi connectivity index (χ4v) is 5.32. The van der Waals surface area contributed by atoms with E-state index in [0.717, 1.165) is 17.7 Å². The Morgan fingerprint density at radius 3 is 2.06 bits per heavy atom. The molecule has 1 saturated heterocycles. The van der Waals surface area contributed by atoms with Crippen LogP contribution in [0.4, 0.5) is 5.69 Å². The average Bonchev–Trinajstić information content (AvgIpc) is 2.82. The Balaban J connectivity index is 1.33. The molecule has 1 amide bonds. The molecule has 1 aliphatic heterocycles. The zero-order valence-corrected chi connectivity index (χ0v) is 18.7. The van der Waals surface area contributed by atoms with Crippen molar-refractivity contribution in [2.24, 2.45) is 0 Å². The Bertz CT molecular complexity index is 1140. The fourth-order valence-electron chi connectivity index (χ4n) is 3.87. The van der Waals surface area contributed by atoms with Crippen LogP contribution in [0.25, 0.3) is 0 Å². The fraction of sp³-hybridized carbons (Fsp3) is 0.240. The SMILES string of the molecule is O=C(CN1CCN(S(=O)(=O)c2ccccc2)CC1)Nc1ccccc1Cc1ccccc1. The van der Waals surface area contributed by atoms with Crippen molar-refractivity contribution in [3.63, 3.8) is 0 Å². The summed E-state index contributed by atoms with van der Waals surface area (Å²) in [5, 5.41) is 3.03. The highest BCUT2D eigenvalue weighted by molar-refractivity contribution is 7.89. The van der Waals surface area contributed by atoms with Crippen LogP contribution >= 0.6 is 0 Å². The third-order valence-electron chi connectivity index (χ3n) is 5.61. The molecule has 0 saturated carbocycles. The molecular weight excluding hydrogens is 422 g/mol. The standard InChI is InChI=1S/C25H27N3O3S/c29-25(26-24-14-8-7-11-22(24)19-21-9-3-1-4-10-21)20-27-15-17-28(18-16-27)32(30,31)23-12-5-2-6-13-23/h1-14H,15-20H2,(H,26,29). The van der Waals surface area contributed by atoms with Crippen molar-refractivity contribution in [1.29, 1.82) is 0 Å². The van der Waals surface area contributed by atoms with Gasteiger partial charge in [0.05, 0.1) is 11.4 Å². The third kappa shape index (κ3) is 5.43. The lowest BCUT2D eigenvalue weighted by Crippen LogP contribution is -2.50. The van der Waals surface area contributed by atoms with Gasteiger partial charge >= 0.3 is 0 Å². The molecular formula is C25H27N3O3S. The molecule has 0 aromatic heterocycles. The number of carbonyl (C=O) groups is 1. The molecule has 0 bridgehead atoms. The first-order valence-electron chi connectivity index (χ1n) is 10.7. The maximum atomic E-state index is 12.8. The first-order chi connectivity index (χ1) is 15.5. The van der Waals surface area contributed by atoms with E-state index in [0.29, 0.717) is 31.1 Å². The summed E-state index contributed by atoms with van der Waals surface area (Å²) in [6.45, 7) is 2.01. The average molecular weight is 450 g/mol. The molecule has 0 unspecified atom stereocenters. The molecule has 0 radical (unpaired) electrons. The van der Waals surface area contributed by atoms with Gasteiger partial charge in [-0.25, -0.2) is 8.42 Å². The number of piperazine rings is 1. The van der Waals surface area contributed by atoms with Crippen LogP contribution in [-0.4, -0.2) is 56.3 Å². The lowest BCUT2D eigenvalue weighted by Gasteiger charge is -2.33. The van der Waals surface area contributed by atoms with E-state index in [1.54, 1.807) is 30.3 Å². The van der Waals surface area contributed by atoms with Crippen molar-refractivity contribution in [1.82, 2.24) is 9.21 Å². The number of benzene rings is 3. The van der Waals surface area contributed by atoms with Gasteiger partial charge in [0, 0.05) is 31.9 Å². The number of rotatable bonds is 7. The van der Waals surface area contributed by atoms with Crippen molar-refractivity contribution in [3.05, 3.63) is 96.1 Å². The quantitative estimate of drug-likeness (QED) is 0.601. The van der Waals surface area contributed by atoms with E-state index < -0.39 is 10.0 Å². The summed E-state index contributed by atoms with van der Waals surface area (Å²) in [6.07, 6.45) is 0.743. The van der Waals surface area contributed by atoms with Gasteiger partial charge < -0.3 is 5.32 Å². The van der Waals surface area contributed by atoms with E-state index in [4.69, 9.17) is 0 Å². The smallest absolute Gasteiger partial charge is 0.243 e. The van der Waals surface area contributed by atoms with Gasteiger partial charge in [-0.1, -0.05) is 66.7 Å². The maximum Gasteiger partial charge on any atom is 0.243 e. The van der Waals surface area contributed by atoms with E-state index in [1.807, 2.05) is 47.4 Å². The predicted molar refractivity (Wildman–Crippen MR) is 126 cm³/mol. The number of carbonyl (C=O) groups excluding carboxylic acids is 1. The van der Waals surface area contributed by atoms with Crippen LogP contribution in [0.1, 0.15) is 11.1 Å². The molecule has 0 aliphatic carbocycles. The first-order valence-corrected chi connectivity index (χ1v) is 12.2. The van der Waals surface area contributed by atoms with Gasteiger partial charge in [-0.2, -0.15) is 4.31 Å². The number of para-hydroxylation sites is 1. The van der Waals surface area contributed by atoms with E-state index in [9.17, 15) is 13.2 Å². The molecule has 1 aliphatic rings. The normalized spacial score (nSPS) is 15.4. The highest BCUT2D eigenvalue weighted by Crippen LogP contribution is 2.20. The van der Waals surface area contributed by atoms with Crippen LogP contribution in [0, 0.1) is 0 Å². The van der Waals surface area contributed by atoms with Crippen LogP contribution in [0.5, 0.6) is 0 Å². The highest BCUT2D eigenvalue weighted by atomic mass is 32.2. The number of anilines is 1. The maximum absolute atomic E-state index is 12.8. The zero-order valence-electron chi connectivity index (χ0n) is 17.9. The second-order valence-corrected chi connectivity index (χ2v) is 9.80. The van der Waals surface area contributed by atoms with Gasteiger partial charge in [0.25, 0.3) is 0 Å². The molecule has 1 heterocycles. The van der Waals surface area contributed by atoms with Crippen LogP contribution in [0.15, 0.2) is 89.8 Å². The summed E-state index contributed by atoms with van der Waals surface area (Å²) in [7, 11) is -3.49. The topological polar surface area (TPSA) is 69.7 Å². The second-order valence-electron chi connectivity index (χ2n) is 7.86. The monoisotopic (exact) mass is 449 g/mol. The Labute approximate surface area is 189 Å². The van der Waals surface area contributed by atoms with E-state index in [-0.39, 0.29) is 12.5 Å². The van der Waals surface area contributed by atoms with Gasteiger partial charge in [-0.15, -0.1) is 0 Å². The molecule has 6 nitrogen and oxygen atoms in total. The van der Waals surface area contributed by atoms with Gasteiger partial charge in [0.2, 0.25) is 15.9 Å². The Hall–Kier alpha value is -3.00. The van der Waals surface area contributed by atoms with Crippen molar-refractivity contribution in [3.8, 4) is 0 Å². The van der Waals surface area contributed by atoms with Crippen LogP contribution in [-0.2, 0) is 21.2 Å². The molecule has 1 fully saturated rings. The number of hydrogen-bond donors (Lipinski definition) is 1. The number of sulfonamides is 1. The van der Waals surface area contributed by atoms with Gasteiger partial charge in [-0.05, 0) is 35.7 Å². The molecule has 1 N–H and O–H groups in total. The van der Waals surface area contributed by atoms with Crippen LogP contribution in [0.2, 0.25) is 0 Å². The van der Waals surface area contributed by atoms with Gasteiger partial charge in [-0.3, -0.25) is 9.69 Å². The zero-order chi connectivity index (χ0) is 22.4. The van der Waals surface area contributed by atoms with E-state index in [1.165, 1.54) is 9.87 Å². The Morgan fingerprint density at radius 1 is 0.781 bits per heavy atom. The van der Waals surface area contributed by atoms with Gasteiger partial charge in [0.1, 0.15) is 0 Å². The molecule has 0 atom stereocenters. The third-order valence-corrected chi connectivity index (χ3v) is 7.52. The molecule has 3 aromatic rings. The van der Waals surface area contributed by atoms with E-state index in [2.05, 4.69) is 17.4 Å². The molecule has 166 valence electrons. The first kappa shape index (κ1) is 22.2. The predicted octanol–water partition coefficient (Wildman–Crippen LogP) is 3.22. The van der Waals surface area contributed by atoms with Crippen LogP contribution in [0.3, 0.4) is 0 Å². The molecule has 0 spiro atoms. The summed E-state index contributed by atoms with van der Waals surface area (Å²) in [5.74, 6) is -0.0927. The minimum Gasteiger partial charge on any atom is -0.325 e. The molecule has 3 aromatic carbocycles. The molecule has 4 rings (SSSR count). The summed E-state index contributed by atoms with van der Waals surface area (Å²) in [5.41, 5.74) is 3.06. The van der Waals surface area contributed by atoms with Crippen molar-refractivity contribution < 1.29 is 13.2 Å². The number of nitrogens with zero attached hydrogens (tertiary/aromatic N) is 2. The van der Waals surface area contributed by atoms with Crippen molar-refractivity contribution >= 4 is 21.6 Å². The number of nitrogens with one attached hydrogen (secondary N) is 1.